The molecule has 0 spiro atoms. The SMILES string of the molecule is C=CCCCCC[C@H](NC(=O)OC(C)(C)C)C(=O)N1C[C@@H](O)C[C@H]1C(=O)N[C@]1(C(C)=O)C[C@H]1C=C. The number of hydrogen-bond acceptors (Lipinski definition) is 6. The van der Waals surface area contributed by atoms with E-state index in [-0.39, 0.29) is 24.7 Å². The number of ketones is 1. The molecule has 0 unspecified atom stereocenters. The monoisotopic (exact) mass is 491 g/mol. The number of aliphatic hydroxyl groups is 1. The predicted octanol–water partition coefficient (Wildman–Crippen LogP) is 2.63. The third-order valence-corrected chi connectivity index (χ3v) is 6.53. The maximum absolute atomic E-state index is 13.5. The molecule has 2 aliphatic rings. The van der Waals surface area contributed by atoms with Crippen LogP contribution in [0, 0.1) is 5.92 Å². The van der Waals surface area contributed by atoms with E-state index in [9.17, 15) is 24.3 Å². The van der Waals surface area contributed by atoms with Crippen LogP contribution in [0.25, 0.3) is 0 Å². The van der Waals surface area contributed by atoms with Gasteiger partial charge in [0.05, 0.1) is 6.10 Å². The first-order chi connectivity index (χ1) is 16.3. The molecule has 3 N–H and O–H groups in total. The molecular formula is C26H41N3O6. The normalized spacial score (nSPS) is 26.4. The summed E-state index contributed by atoms with van der Waals surface area (Å²) in [6.45, 7) is 14.0. The van der Waals surface area contributed by atoms with Crippen molar-refractivity contribution in [1.29, 1.82) is 0 Å². The second kappa shape index (κ2) is 11.8. The summed E-state index contributed by atoms with van der Waals surface area (Å²) >= 11 is 0. The number of hydrogen-bond donors (Lipinski definition) is 3. The molecule has 35 heavy (non-hydrogen) atoms. The van der Waals surface area contributed by atoms with Gasteiger partial charge in [0, 0.05) is 18.9 Å². The molecule has 0 aromatic carbocycles. The summed E-state index contributed by atoms with van der Waals surface area (Å²) in [5, 5.41) is 15.8. The van der Waals surface area contributed by atoms with Crippen LogP contribution in [0.15, 0.2) is 25.3 Å². The Balaban J connectivity index is 2.15. The molecule has 9 nitrogen and oxygen atoms in total. The number of likely N-dealkylation sites (tertiary alicyclic amines) is 1. The summed E-state index contributed by atoms with van der Waals surface area (Å²) in [5.74, 6) is -1.27. The summed E-state index contributed by atoms with van der Waals surface area (Å²) in [7, 11) is 0. The molecule has 9 heteroatoms. The highest BCUT2D eigenvalue weighted by Crippen LogP contribution is 2.45. The van der Waals surface area contributed by atoms with Crippen molar-refractivity contribution in [1.82, 2.24) is 15.5 Å². The molecule has 1 saturated carbocycles. The number of alkyl carbamates (subject to hydrolysis) is 1. The standard InChI is InChI=1S/C26H41N3O6/c1-7-9-10-11-12-13-20(27-24(34)35-25(4,5)6)23(33)29-16-19(31)14-21(29)22(32)28-26(17(3)30)15-18(26)8-2/h7-8,18-21,31H,1-2,9-16H2,3-6H3,(H,27,34)(H,28,32)/t18-,19+,20+,21+,26+/m1/s1. The molecule has 2 fully saturated rings. The van der Waals surface area contributed by atoms with Gasteiger partial charge in [-0.3, -0.25) is 14.4 Å². The summed E-state index contributed by atoms with van der Waals surface area (Å²) in [5.41, 5.74) is -1.73. The number of carbonyl (C=O) groups is 4. The van der Waals surface area contributed by atoms with Crippen LogP contribution in [0.1, 0.15) is 72.6 Å². The van der Waals surface area contributed by atoms with E-state index in [2.05, 4.69) is 23.8 Å². The van der Waals surface area contributed by atoms with Crippen LogP contribution in [0.4, 0.5) is 4.79 Å². The van der Waals surface area contributed by atoms with Gasteiger partial charge in [-0.05, 0) is 53.4 Å². The maximum atomic E-state index is 13.5. The number of Topliss-reactive ketones (excluding diaryl/α,β-unsaturated/α-hetero) is 1. The van der Waals surface area contributed by atoms with Crippen LogP contribution in [-0.2, 0) is 19.1 Å². The van der Waals surface area contributed by atoms with Crippen molar-refractivity contribution in [2.45, 2.75) is 102 Å². The smallest absolute Gasteiger partial charge is 0.408 e. The minimum atomic E-state index is -1.000. The van der Waals surface area contributed by atoms with Gasteiger partial charge in [0.25, 0.3) is 0 Å². The molecule has 5 atom stereocenters. The van der Waals surface area contributed by atoms with E-state index in [1.54, 1.807) is 26.8 Å². The molecule has 1 saturated heterocycles. The second-order valence-corrected chi connectivity index (χ2v) is 10.6. The minimum Gasteiger partial charge on any atom is -0.444 e. The van der Waals surface area contributed by atoms with Gasteiger partial charge in [-0.25, -0.2) is 4.79 Å². The molecule has 2 rings (SSSR count). The summed E-state index contributed by atoms with van der Waals surface area (Å²) < 4.78 is 5.34. The maximum Gasteiger partial charge on any atom is 0.408 e. The lowest BCUT2D eigenvalue weighted by Gasteiger charge is -2.30. The first-order valence-corrected chi connectivity index (χ1v) is 12.4. The Morgan fingerprint density at radius 3 is 2.43 bits per heavy atom. The number of nitrogens with one attached hydrogen (secondary N) is 2. The van der Waals surface area contributed by atoms with Gasteiger partial charge < -0.3 is 25.4 Å². The van der Waals surface area contributed by atoms with E-state index in [1.807, 2.05) is 6.08 Å². The minimum absolute atomic E-state index is 0.0299. The Kier molecular flexibility index (Phi) is 9.66. The first kappa shape index (κ1) is 28.6. The number of nitrogens with zero attached hydrogens (tertiary/aromatic N) is 1. The molecule has 1 aliphatic heterocycles. The third kappa shape index (κ3) is 7.65. The van der Waals surface area contributed by atoms with Gasteiger partial charge in [-0.2, -0.15) is 0 Å². The fraction of sp³-hybridized carbons (Fsp3) is 0.692. The van der Waals surface area contributed by atoms with Gasteiger partial charge in [-0.15, -0.1) is 13.2 Å². The van der Waals surface area contributed by atoms with E-state index in [0.29, 0.717) is 19.3 Å². The van der Waals surface area contributed by atoms with E-state index >= 15 is 0 Å². The van der Waals surface area contributed by atoms with Crippen LogP contribution in [0.2, 0.25) is 0 Å². The Labute approximate surface area is 208 Å². The lowest BCUT2D eigenvalue weighted by molar-refractivity contribution is -0.141. The number of β-amino-alcohol motifs (C(OH)–C–C–N with tert-alkyl or cyclic N) is 1. The molecule has 1 heterocycles. The lowest BCUT2D eigenvalue weighted by atomic mass is 10.0. The largest absolute Gasteiger partial charge is 0.444 e. The van der Waals surface area contributed by atoms with E-state index in [0.717, 1.165) is 19.3 Å². The number of aliphatic hydroxyl groups excluding tert-OH is 1. The molecule has 0 radical (unpaired) electrons. The fourth-order valence-corrected chi connectivity index (χ4v) is 4.54. The van der Waals surface area contributed by atoms with Crippen LogP contribution in [0.3, 0.4) is 0 Å². The molecule has 0 aromatic heterocycles. The molecule has 0 bridgehead atoms. The van der Waals surface area contributed by atoms with Crippen molar-refractivity contribution in [3.8, 4) is 0 Å². The number of rotatable bonds is 12. The zero-order valence-electron chi connectivity index (χ0n) is 21.5. The Morgan fingerprint density at radius 2 is 1.89 bits per heavy atom. The predicted molar refractivity (Wildman–Crippen MR) is 132 cm³/mol. The summed E-state index contributed by atoms with van der Waals surface area (Å²) in [4.78, 5) is 52.7. The molecule has 1 aliphatic carbocycles. The van der Waals surface area contributed by atoms with Crippen LogP contribution >= 0.6 is 0 Å². The number of allylic oxidation sites excluding steroid dienone is 1. The van der Waals surface area contributed by atoms with Crippen molar-refractivity contribution in [3.05, 3.63) is 25.3 Å². The van der Waals surface area contributed by atoms with Crippen molar-refractivity contribution < 1.29 is 29.0 Å². The Bertz CT molecular complexity index is 835. The van der Waals surface area contributed by atoms with Crippen molar-refractivity contribution >= 4 is 23.7 Å². The quantitative estimate of drug-likeness (QED) is 0.285. The average molecular weight is 492 g/mol. The first-order valence-electron chi connectivity index (χ1n) is 12.4. The lowest BCUT2D eigenvalue weighted by Crippen LogP contribution is -2.56. The number of carbonyl (C=O) groups excluding carboxylic acids is 4. The van der Waals surface area contributed by atoms with Crippen LogP contribution in [-0.4, -0.2) is 69.6 Å². The van der Waals surface area contributed by atoms with Gasteiger partial charge in [0.2, 0.25) is 11.8 Å². The zero-order chi connectivity index (χ0) is 26.4. The molecule has 3 amide bonds. The van der Waals surface area contributed by atoms with Crippen LogP contribution in [0.5, 0.6) is 0 Å². The number of ether oxygens (including phenoxy) is 1. The molecular weight excluding hydrogens is 450 g/mol. The highest BCUT2D eigenvalue weighted by atomic mass is 16.6. The highest BCUT2D eigenvalue weighted by molar-refractivity contribution is 5.98. The van der Waals surface area contributed by atoms with Crippen molar-refractivity contribution in [2.75, 3.05) is 6.54 Å². The average Bonchev–Trinajstić information content (AvgIpc) is 3.34. The van der Waals surface area contributed by atoms with Crippen molar-refractivity contribution in [2.24, 2.45) is 5.92 Å². The summed E-state index contributed by atoms with van der Waals surface area (Å²) in [6.07, 6.45) is 6.08. The number of amides is 3. The van der Waals surface area contributed by atoms with E-state index in [1.165, 1.54) is 11.8 Å². The Hall–Kier alpha value is -2.68. The van der Waals surface area contributed by atoms with Gasteiger partial charge in [0.1, 0.15) is 23.2 Å². The fourth-order valence-electron chi connectivity index (χ4n) is 4.54. The van der Waals surface area contributed by atoms with Crippen molar-refractivity contribution in [3.63, 3.8) is 0 Å². The Morgan fingerprint density at radius 1 is 1.20 bits per heavy atom. The highest BCUT2D eigenvalue weighted by Gasteiger charge is 2.58. The topological polar surface area (TPSA) is 125 Å². The van der Waals surface area contributed by atoms with Crippen LogP contribution < -0.4 is 10.6 Å². The van der Waals surface area contributed by atoms with E-state index in [4.69, 9.17) is 4.74 Å². The molecule has 0 aromatic rings. The third-order valence-electron chi connectivity index (χ3n) is 6.53. The van der Waals surface area contributed by atoms with Gasteiger partial charge >= 0.3 is 6.09 Å². The summed E-state index contributed by atoms with van der Waals surface area (Å²) in [6, 6.07) is -1.85. The van der Waals surface area contributed by atoms with Gasteiger partial charge in [-0.1, -0.05) is 25.0 Å². The number of unbranched alkanes of at least 4 members (excludes halogenated alkanes) is 3. The zero-order valence-corrected chi connectivity index (χ0v) is 21.5. The molecule has 196 valence electrons. The van der Waals surface area contributed by atoms with E-state index < -0.39 is 47.2 Å². The van der Waals surface area contributed by atoms with Gasteiger partial charge in [0.15, 0.2) is 5.78 Å². The second-order valence-electron chi connectivity index (χ2n) is 10.6.